The lowest BCUT2D eigenvalue weighted by Gasteiger charge is -2.18. The minimum absolute atomic E-state index is 0.0109. The molecule has 0 radical (unpaired) electrons. The Balaban J connectivity index is 2.25. The lowest BCUT2D eigenvalue weighted by Crippen LogP contribution is -2.27. The fraction of sp³-hybridized carbons (Fsp3) is 0.381. The second kappa shape index (κ2) is 10.8. The molecule has 0 saturated heterocycles. The van der Waals surface area contributed by atoms with E-state index in [9.17, 15) is 22.8 Å². The lowest BCUT2D eigenvalue weighted by atomic mass is 10.1. The van der Waals surface area contributed by atoms with Crippen molar-refractivity contribution in [3.63, 3.8) is 0 Å². The van der Waals surface area contributed by atoms with Crippen LogP contribution in [0, 0.1) is 6.92 Å². The summed E-state index contributed by atoms with van der Waals surface area (Å²) in [4.78, 5) is 23.5. The van der Waals surface area contributed by atoms with Crippen molar-refractivity contribution in [2.75, 3.05) is 20.3 Å². The van der Waals surface area contributed by atoms with Crippen molar-refractivity contribution in [2.45, 2.75) is 32.6 Å². The summed E-state index contributed by atoms with van der Waals surface area (Å²) in [6.07, 6.45) is -4.14. The number of hydrogen-bond donors (Lipinski definition) is 1. The van der Waals surface area contributed by atoms with Crippen molar-refractivity contribution in [1.82, 2.24) is 9.58 Å². The van der Waals surface area contributed by atoms with Gasteiger partial charge in [-0.3, -0.25) is 9.59 Å². The molecule has 174 valence electrons. The fourth-order valence-corrected chi connectivity index (χ4v) is 3.02. The van der Waals surface area contributed by atoms with E-state index in [1.807, 2.05) is 0 Å². The van der Waals surface area contributed by atoms with Gasteiger partial charge in [0.25, 0.3) is 5.91 Å². The first-order valence-corrected chi connectivity index (χ1v) is 9.56. The highest BCUT2D eigenvalue weighted by Crippen LogP contribution is 2.35. The largest absolute Gasteiger partial charge is 0.497 e. The van der Waals surface area contributed by atoms with E-state index < -0.39 is 29.2 Å². The van der Waals surface area contributed by atoms with E-state index in [0.29, 0.717) is 11.3 Å². The van der Waals surface area contributed by atoms with Crippen molar-refractivity contribution < 1.29 is 37.3 Å². The standard InChI is InChI=1S/C21H24F3N3O5/c1-14-19(20(30)27(25-2)12-15-4-6-16(31-3)7-5-15)17(21(22,23)24)13-26(14)9-11-32-10-8-18(28)29/h4-7,13H,2,8-12H2,1,3H3,(H,28,29). The number of rotatable bonds is 11. The maximum atomic E-state index is 13.7. The number of amides is 1. The third-order valence-corrected chi connectivity index (χ3v) is 4.70. The van der Waals surface area contributed by atoms with Crippen molar-refractivity contribution in [2.24, 2.45) is 5.10 Å². The number of ether oxygens (including phenoxy) is 2. The van der Waals surface area contributed by atoms with Crippen molar-refractivity contribution in [3.8, 4) is 5.75 Å². The van der Waals surface area contributed by atoms with Crippen LogP contribution in [0.1, 0.15) is 33.6 Å². The minimum atomic E-state index is -4.77. The predicted octanol–water partition coefficient (Wildman–Crippen LogP) is 3.57. The van der Waals surface area contributed by atoms with Gasteiger partial charge in [0.2, 0.25) is 0 Å². The number of alkyl halides is 3. The topological polar surface area (TPSA) is 93.4 Å². The zero-order valence-electron chi connectivity index (χ0n) is 17.7. The van der Waals surface area contributed by atoms with Crippen LogP contribution in [-0.2, 0) is 28.8 Å². The summed E-state index contributed by atoms with van der Waals surface area (Å²) >= 11 is 0. The van der Waals surface area contributed by atoms with Gasteiger partial charge in [-0.05, 0) is 24.6 Å². The van der Waals surface area contributed by atoms with Gasteiger partial charge in [0.05, 0.1) is 44.4 Å². The summed E-state index contributed by atoms with van der Waals surface area (Å²) in [6.45, 7) is 4.58. The summed E-state index contributed by atoms with van der Waals surface area (Å²) in [5.74, 6) is -1.38. The Morgan fingerprint density at radius 1 is 1.22 bits per heavy atom. The number of hydrazone groups is 1. The highest BCUT2D eigenvalue weighted by Gasteiger charge is 2.39. The zero-order valence-corrected chi connectivity index (χ0v) is 17.7. The molecule has 0 bridgehead atoms. The van der Waals surface area contributed by atoms with Gasteiger partial charge in [-0.15, -0.1) is 0 Å². The van der Waals surface area contributed by atoms with E-state index in [1.54, 1.807) is 24.3 Å². The third kappa shape index (κ3) is 6.33. The minimum Gasteiger partial charge on any atom is -0.497 e. The molecule has 0 aliphatic heterocycles. The summed E-state index contributed by atoms with van der Waals surface area (Å²) in [7, 11) is 1.50. The first-order valence-electron chi connectivity index (χ1n) is 9.56. The Hall–Kier alpha value is -3.34. The molecule has 1 aromatic carbocycles. The van der Waals surface area contributed by atoms with E-state index in [-0.39, 0.29) is 38.4 Å². The number of carbonyl (C=O) groups is 2. The number of nitrogens with zero attached hydrogens (tertiary/aromatic N) is 3. The first kappa shape index (κ1) is 24.9. The SMILES string of the molecule is C=NN(Cc1ccc(OC)cc1)C(=O)c1c(C(F)(F)F)cn(CCOCCC(=O)O)c1C. The van der Waals surface area contributed by atoms with E-state index in [0.717, 1.165) is 11.2 Å². The van der Waals surface area contributed by atoms with Crippen LogP contribution in [0.3, 0.4) is 0 Å². The molecule has 0 spiro atoms. The molecule has 11 heteroatoms. The van der Waals surface area contributed by atoms with E-state index in [2.05, 4.69) is 11.8 Å². The van der Waals surface area contributed by atoms with Crippen LogP contribution in [0.4, 0.5) is 13.2 Å². The Kier molecular flexibility index (Phi) is 8.41. The summed E-state index contributed by atoms with van der Waals surface area (Å²) in [6, 6.07) is 6.66. The number of carbonyl (C=O) groups excluding carboxylic acids is 1. The molecular formula is C21H24F3N3O5. The van der Waals surface area contributed by atoms with Crippen molar-refractivity contribution in [3.05, 3.63) is 52.8 Å². The van der Waals surface area contributed by atoms with Gasteiger partial charge < -0.3 is 19.1 Å². The molecule has 0 aliphatic carbocycles. The maximum Gasteiger partial charge on any atom is 0.418 e. The molecule has 2 aromatic rings. The average molecular weight is 455 g/mol. The number of benzene rings is 1. The van der Waals surface area contributed by atoms with Gasteiger partial charge in [0.15, 0.2) is 0 Å². The van der Waals surface area contributed by atoms with Gasteiger partial charge >= 0.3 is 12.1 Å². The average Bonchev–Trinajstić information content (AvgIpc) is 3.08. The highest BCUT2D eigenvalue weighted by atomic mass is 19.4. The van der Waals surface area contributed by atoms with Crippen molar-refractivity contribution >= 4 is 18.6 Å². The van der Waals surface area contributed by atoms with Crippen LogP contribution < -0.4 is 4.74 Å². The Morgan fingerprint density at radius 3 is 2.41 bits per heavy atom. The van der Waals surface area contributed by atoms with E-state index >= 15 is 0 Å². The van der Waals surface area contributed by atoms with Crippen LogP contribution in [0.5, 0.6) is 5.75 Å². The fourth-order valence-electron chi connectivity index (χ4n) is 3.02. The first-order chi connectivity index (χ1) is 15.1. The highest BCUT2D eigenvalue weighted by molar-refractivity contribution is 5.97. The number of hydrogen-bond acceptors (Lipinski definition) is 5. The van der Waals surface area contributed by atoms with Gasteiger partial charge in [-0.2, -0.15) is 18.3 Å². The number of aromatic nitrogens is 1. The predicted molar refractivity (Wildman–Crippen MR) is 110 cm³/mol. The molecule has 32 heavy (non-hydrogen) atoms. The molecule has 1 N–H and O–H groups in total. The molecule has 0 fully saturated rings. The number of carboxylic acid groups (broad SMARTS) is 1. The quantitative estimate of drug-likeness (QED) is 0.318. The molecular weight excluding hydrogens is 431 g/mol. The smallest absolute Gasteiger partial charge is 0.418 e. The molecule has 0 atom stereocenters. The number of aliphatic carboxylic acids is 1. The second-order valence-corrected chi connectivity index (χ2v) is 6.80. The third-order valence-electron chi connectivity index (χ3n) is 4.70. The second-order valence-electron chi connectivity index (χ2n) is 6.80. The summed E-state index contributed by atoms with van der Waals surface area (Å²) < 4.78 is 52.5. The Morgan fingerprint density at radius 2 is 1.88 bits per heavy atom. The van der Waals surface area contributed by atoms with E-state index in [4.69, 9.17) is 14.6 Å². The monoisotopic (exact) mass is 455 g/mol. The van der Waals surface area contributed by atoms with Crippen LogP contribution in [0.2, 0.25) is 0 Å². The molecule has 0 saturated carbocycles. The van der Waals surface area contributed by atoms with Crippen LogP contribution in [-0.4, -0.2) is 53.6 Å². The zero-order chi connectivity index (χ0) is 23.9. The van der Waals surface area contributed by atoms with Crippen LogP contribution >= 0.6 is 0 Å². The van der Waals surface area contributed by atoms with E-state index in [1.165, 1.54) is 18.6 Å². The molecule has 0 aliphatic rings. The van der Waals surface area contributed by atoms with Gasteiger partial charge in [-0.1, -0.05) is 12.1 Å². The summed E-state index contributed by atoms with van der Waals surface area (Å²) in [5, 5.41) is 13.1. The summed E-state index contributed by atoms with van der Waals surface area (Å²) in [5.41, 5.74) is -0.894. The number of carboxylic acids is 1. The number of halogens is 3. The van der Waals surface area contributed by atoms with Gasteiger partial charge in [-0.25, -0.2) is 5.01 Å². The Labute approximate surface area is 182 Å². The lowest BCUT2D eigenvalue weighted by molar-refractivity contribution is -0.139. The normalized spacial score (nSPS) is 11.3. The van der Waals surface area contributed by atoms with Gasteiger partial charge in [0.1, 0.15) is 5.75 Å². The Bertz CT molecular complexity index is 955. The molecule has 2 rings (SSSR count). The number of methoxy groups -OCH3 is 1. The maximum absolute atomic E-state index is 13.7. The molecule has 8 nitrogen and oxygen atoms in total. The van der Waals surface area contributed by atoms with Crippen LogP contribution in [0.15, 0.2) is 35.6 Å². The van der Waals surface area contributed by atoms with Crippen molar-refractivity contribution in [1.29, 1.82) is 0 Å². The molecule has 1 amide bonds. The van der Waals surface area contributed by atoms with Crippen LogP contribution in [0.25, 0.3) is 0 Å². The molecule has 0 unspecified atom stereocenters. The van der Waals surface area contributed by atoms with Gasteiger partial charge in [0, 0.05) is 25.2 Å². The molecule has 1 aromatic heterocycles. The molecule has 1 heterocycles.